The maximum absolute atomic E-state index is 11.8. The standard InChI is InChI=1S/C14H20N2O3/c1-9-6-5-7-10(8-9)15-13(19)16-11(12(17)18)14(2,3)4/h5-8,11H,1-4H3,(H,17,18)(H2,15,16,19)/t11-/m1/s1. The van der Waals surface area contributed by atoms with Gasteiger partial charge in [-0.05, 0) is 30.0 Å². The maximum Gasteiger partial charge on any atom is 0.326 e. The summed E-state index contributed by atoms with van der Waals surface area (Å²) in [6, 6.07) is 5.83. The van der Waals surface area contributed by atoms with Crippen molar-refractivity contribution in [3.8, 4) is 0 Å². The van der Waals surface area contributed by atoms with E-state index in [-0.39, 0.29) is 0 Å². The molecular formula is C14H20N2O3. The summed E-state index contributed by atoms with van der Waals surface area (Å²) < 4.78 is 0. The van der Waals surface area contributed by atoms with Gasteiger partial charge in [-0.3, -0.25) is 0 Å². The molecule has 0 aliphatic rings. The molecule has 0 aromatic heterocycles. The number of urea groups is 1. The summed E-state index contributed by atoms with van der Waals surface area (Å²) in [5.74, 6) is -1.05. The van der Waals surface area contributed by atoms with Crippen LogP contribution in [0.1, 0.15) is 26.3 Å². The minimum absolute atomic E-state index is 0.520. The SMILES string of the molecule is Cc1cccc(NC(=O)N[C@H](C(=O)O)C(C)(C)C)c1. The molecule has 0 aliphatic heterocycles. The molecule has 0 fully saturated rings. The van der Waals surface area contributed by atoms with Crippen molar-refractivity contribution in [2.75, 3.05) is 5.32 Å². The molecular weight excluding hydrogens is 244 g/mol. The fourth-order valence-electron chi connectivity index (χ4n) is 1.67. The van der Waals surface area contributed by atoms with Crippen LogP contribution in [-0.2, 0) is 4.79 Å². The Morgan fingerprint density at radius 1 is 1.26 bits per heavy atom. The summed E-state index contributed by atoms with van der Waals surface area (Å²) in [5.41, 5.74) is 1.09. The second-order valence-electron chi connectivity index (χ2n) is 5.61. The Balaban J connectivity index is 2.71. The number of benzene rings is 1. The third-order valence-corrected chi connectivity index (χ3v) is 2.66. The molecule has 0 aliphatic carbocycles. The molecule has 0 bridgehead atoms. The van der Waals surface area contributed by atoms with Crippen LogP contribution in [-0.4, -0.2) is 23.1 Å². The van der Waals surface area contributed by atoms with Crippen LogP contribution in [0, 0.1) is 12.3 Å². The van der Waals surface area contributed by atoms with Gasteiger partial charge >= 0.3 is 12.0 Å². The monoisotopic (exact) mass is 264 g/mol. The number of carboxylic acid groups (broad SMARTS) is 1. The van der Waals surface area contributed by atoms with E-state index >= 15 is 0 Å². The predicted molar refractivity (Wildman–Crippen MR) is 74.2 cm³/mol. The zero-order chi connectivity index (χ0) is 14.6. The van der Waals surface area contributed by atoms with Crippen LogP contribution in [0.4, 0.5) is 10.5 Å². The quantitative estimate of drug-likeness (QED) is 0.785. The van der Waals surface area contributed by atoms with Crippen molar-refractivity contribution in [3.05, 3.63) is 29.8 Å². The molecule has 19 heavy (non-hydrogen) atoms. The van der Waals surface area contributed by atoms with Gasteiger partial charge in [0.25, 0.3) is 0 Å². The van der Waals surface area contributed by atoms with Crippen LogP contribution in [0.5, 0.6) is 0 Å². The first kappa shape index (κ1) is 15.0. The molecule has 1 aromatic carbocycles. The number of carboxylic acids is 1. The Bertz CT molecular complexity index is 478. The topological polar surface area (TPSA) is 78.4 Å². The molecule has 0 saturated carbocycles. The van der Waals surface area contributed by atoms with Crippen molar-refractivity contribution < 1.29 is 14.7 Å². The summed E-state index contributed by atoms with van der Waals surface area (Å²) in [7, 11) is 0. The van der Waals surface area contributed by atoms with Gasteiger partial charge in [0, 0.05) is 5.69 Å². The third kappa shape index (κ3) is 4.62. The van der Waals surface area contributed by atoms with Crippen LogP contribution >= 0.6 is 0 Å². The number of rotatable bonds is 3. The highest BCUT2D eigenvalue weighted by Crippen LogP contribution is 2.19. The fraction of sp³-hybridized carbons (Fsp3) is 0.429. The van der Waals surface area contributed by atoms with E-state index in [0.717, 1.165) is 5.56 Å². The first-order valence-corrected chi connectivity index (χ1v) is 6.07. The number of amides is 2. The Morgan fingerprint density at radius 3 is 2.37 bits per heavy atom. The van der Waals surface area contributed by atoms with Crippen LogP contribution in [0.2, 0.25) is 0 Å². The van der Waals surface area contributed by atoms with E-state index in [9.17, 15) is 9.59 Å². The van der Waals surface area contributed by atoms with E-state index in [1.165, 1.54) is 0 Å². The molecule has 0 unspecified atom stereocenters. The van der Waals surface area contributed by atoms with Crippen LogP contribution in [0.25, 0.3) is 0 Å². The van der Waals surface area contributed by atoms with E-state index < -0.39 is 23.5 Å². The number of hydrogen-bond acceptors (Lipinski definition) is 2. The number of aryl methyl sites for hydroxylation is 1. The summed E-state index contributed by atoms with van der Waals surface area (Å²) in [6.45, 7) is 7.20. The molecule has 0 radical (unpaired) electrons. The molecule has 1 rings (SSSR count). The van der Waals surface area contributed by atoms with Gasteiger partial charge in [0.2, 0.25) is 0 Å². The van der Waals surface area contributed by atoms with E-state index in [4.69, 9.17) is 5.11 Å². The molecule has 0 heterocycles. The summed E-state index contributed by atoms with van der Waals surface area (Å²) >= 11 is 0. The number of nitrogens with one attached hydrogen (secondary N) is 2. The summed E-state index contributed by atoms with van der Waals surface area (Å²) in [4.78, 5) is 22.9. The number of hydrogen-bond donors (Lipinski definition) is 3. The van der Waals surface area contributed by atoms with Gasteiger partial charge in [-0.25, -0.2) is 9.59 Å². The van der Waals surface area contributed by atoms with E-state index in [2.05, 4.69) is 10.6 Å². The highest BCUT2D eigenvalue weighted by Gasteiger charge is 2.32. The van der Waals surface area contributed by atoms with E-state index in [1.807, 2.05) is 25.1 Å². The smallest absolute Gasteiger partial charge is 0.326 e. The molecule has 1 aromatic rings. The highest BCUT2D eigenvalue weighted by molar-refractivity contribution is 5.92. The normalized spacial score (nSPS) is 12.6. The van der Waals surface area contributed by atoms with Crippen molar-refractivity contribution in [1.82, 2.24) is 5.32 Å². The van der Waals surface area contributed by atoms with Crippen molar-refractivity contribution in [3.63, 3.8) is 0 Å². The van der Waals surface area contributed by atoms with Crippen LogP contribution in [0.3, 0.4) is 0 Å². The number of carbonyl (C=O) groups is 2. The second kappa shape index (κ2) is 5.73. The zero-order valence-corrected chi connectivity index (χ0v) is 11.7. The Hall–Kier alpha value is -2.04. The minimum Gasteiger partial charge on any atom is -0.480 e. The Labute approximate surface area is 113 Å². The lowest BCUT2D eigenvalue weighted by Crippen LogP contribution is -2.50. The number of anilines is 1. The fourth-order valence-corrected chi connectivity index (χ4v) is 1.67. The van der Waals surface area contributed by atoms with Crippen molar-refractivity contribution in [2.45, 2.75) is 33.7 Å². The first-order valence-electron chi connectivity index (χ1n) is 6.07. The van der Waals surface area contributed by atoms with Gasteiger partial charge in [-0.1, -0.05) is 32.9 Å². The average Bonchev–Trinajstić information content (AvgIpc) is 2.24. The Kier molecular flexibility index (Phi) is 4.53. The molecule has 0 saturated heterocycles. The van der Waals surface area contributed by atoms with E-state index in [0.29, 0.717) is 5.69 Å². The average molecular weight is 264 g/mol. The second-order valence-corrected chi connectivity index (χ2v) is 5.61. The van der Waals surface area contributed by atoms with E-state index in [1.54, 1.807) is 26.8 Å². The predicted octanol–water partition coefficient (Wildman–Crippen LogP) is 2.62. The van der Waals surface area contributed by atoms with Gasteiger partial charge < -0.3 is 15.7 Å². The number of carbonyl (C=O) groups excluding carboxylic acids is 1. The van der Waals surface area contributed by atoms with Crippen LogP contribution < -0.4 is 10.6 Å². The maximum atomic E-state index is 11.8. The van der Waals surface area contributed by atoms with Gasteiger partial charge in [0.15, 0.2) is 0 Å². The third-order valence-electron chi connectivity index (χ3n) is 2.66. The number of aliphatic carboxylic acids is 1. The molecule has 104 valence electrons. The van der Waals surface area contributed by atoms with Gasteiger partial charge in [0.05, 0.1) is 0 Å². The lowest BCUT2D eigenvalue weighted by atomic mass is 9.87. The van der Waals surface area contributed by atoms with Crippen molar-refractivity contribution >= 4 is 17.7 Å². The molecule has 5 nitrogen and oxygen atoms in total. The lowest BCUT2D eigenvalue weighted by molar-refractivity contribution is -0.141. The summed E-state index contributed by atoms with van der Waals surface area (Å²) in [5, 5.41) is 14.2. The molecule has 0 spiro atoms. The molecule has 3 N–H and O–H groups in total. The Morgan fingerprint density at radius 2 is 1.89 bits per heavy atom. The van der Waals surface area contributed by atoms with Gasteiger partial charge in [-0.15, -0.1) is 0 Å². The zero-order valence-electron chi connectivity index (χ0n) is 11.7. The molecule has 2 amide bonds. The van der Waals surface area contributed by atoms with Crippen molar-refractivity contribution in [2.24, 2.45) is 5.41 Å². The summed E-state index contributed by atoms with van der Waals surface area (Å²) in [6.07, 6.45) is 0. The highest BCUT2D eigenvalue weighted by atomic mass is 16.4. The van der Waals surface area contributed by atoms with Gasteiger partial charge in [0.1, 0.15) is 6.04 Å². The van der Waals surface area contributed by atoms with Crippen LogP contribution in [0.15, 0.2) is 24.3 Å². The minimum atomic E-state index is -1.05. The van der Waals surface area contributed by atoms with Crippen molar-refractivity contribution in [1.29, 1.82) is 0 Å². The largest absolute Gasteiger partial charge is 0.480 e. The first-order chi connectivity index (χ1) is 8.70. The van der Waals surface area contributed by atoms with Gasteiger partial charge in [-0.2, -0.15) is 0 Å². The lowest BCUT2D eigenvalue weighted by Gasteiger charge is -2.27. The molecule has 5 heteroatoms. The molecule has 1 atom stereocenters.